The van der Waals surface area contributed by atoms with Crippen molar-refractivity contribution in [2.45, 2.75) is 187 Å². The Morgan fingerprint density at radius 1 is 0.569 bits per heavy atom. The van der Waals surface area contributed by atoms with Crippen molar-refractivity contribution in [1.82, 2.24) is 0 Å². The van der Waals surface area contributed by atoms with Gasteiger partial charge < -0.3 is 20.1 Å². The maximum absolute atomic E-state index is 12.6. The zero-order chi connectivity index (χ0) is 37.5. The first kappa shape index (κ1) is 50.7. The summed E-state index contributed by atoms with van der Waals surface area (Å²) in [6.07, 6.45) is 28.5. The molecule has 12 heteroatoms. The zero-order valence-electron chi connectivity index (χ0n) is 32.8. The van der Waals surface area contributed by atoms with E-state index in [1.807, 2.05) is 0 Å². The van der Waals surface area contributed by atoms with Gasteiger partial charge in [-0.15, -0.1) is 0 Å². The highest BCUT2D eigenvalue weighted by molar-refractivity contribution is 7.99. The van der Waals surface area contributed by atoms with Gasteiger partial charge in [-0.2, -0.15) is 23.5 Å². The Labute approximate surface area is 321 Å². The Morgan fingerprint density at radius 3 is 1.39 bits per heavy atom. The molecule has 0 aliphatic rings. The van der Waals surface area contributed by atoms with Gasteiger partial charge in [-0.1, -0.05) is 129 Å². The molecule has 2 atom stereocenters. The molecule has 0 amide bonds. The van der Waals surface area contributed by atoms with E-state index in [0.29, 0.717) is 6.42 Å². The Hall–Kier alpha value is -0.290. The number of thioether (sulfide) groups is 2. The number of rotatable bonds is 41. The monoisotopic (exact) mass is 783 g/mol. The number of carbonyl (C=O) groups is 2. The highest BCUT2D eigenvalue weighted by Crippen LogP contribution is 2.43. The molecule has 9 nitrogen and oxygen atoms in total. The highest BCUT2D eigenvalue weighted by Gasteiger charge is 2.26. The summed E-state index contributed by atoms with van der Waals surface area (Å²) < 4.78 is 32.7. The second-order valence-electron chi connectivity index (χ2n) is 13.7. The maximum atomic E-state index is 12.6. The number of phosphoric acid groups is 1. The molecule has 0 saturated carbocycles. The van der Waals surface area contributed by atoms with Crippen molar-refractivity contribution in [3.05, 3.63) is 0 Å². The summed E-state index contributed by atoms with van der Waals surface area (Å²) in [6, 6.07) is 0. The summed E-state index contributed by atoms with van der Waals surface area (Å²) in [6.45, 7) is 3.75. The summed E-state index contributed by atoms with van der Waals surface area (Å²) in [5, 5.41) is 0. The molecule has 0 rings (SSSR count). The van der Waals surface area contributed by atoms with Crippen LogP contribution in [0.25, 0.3) is 0 Å². The van der Waals surface area contributed by atoms with Gasteiger partial charge in [-0.25, -0.2) is 4.57 Å². The molecule has 0 aromatic rings. The SMILES string of the molecule is CCCCCCCCSCCCCCCCCC(=O)OCC(COP(=O)(O)OCCN)OC(=O)CCCCCCCCSCCCCCCCC. The van der Waals surface area contributed by atoms with Crippen molar-refractivity contribution in [3.8, 4) is 0 Å². The first-order valence-electron chi connectivity index (χ1n) is 20.7. The number of ether oxygens (including phenoxy) is 2. The van der Waals surface area contributed by atoms with Crippen molar-refractivity contribution in [1.29, 1.82) is 0 Å². The molecular formula is C39H78NO8PS2. The molecule has 51 heavy (non-hydrogen) atoms. The van der Waals surface area contributed by atoms with Crippen molar-refractivity contribution in [2.24, 2.45) is 5.73 Å². The van der Waals surface area contributed by atoms with Gasteiger partial charge >= 0.3 is 19.8 Å². The number of hydrogen-bond donors (Lipinski definition) is 2. The lowest BCUT2D eigenvalue weighted by Gasteiger charge is -2.19. The quantitative estimate of drug-likeness (QED) is 0.0348. The Balaban J connectivity index is 4.11. The van der Waals surface area contributed by atoms with Gasteiger partial charge in [0.25, 0.3) is 0 Å². The minimum atomic E-state index is -4.37. The van der Waals surface area contributed by atoms with E-state index in [4.69, 9.17) is 24.3 Å². The van der Waals surface area contributed by atoms with Crippen molar-refractivity contribution in [2.75, 3.05) is 49.4 Å². The van der Waals surface area contributed by atoms with Gasteiger partial charge in [0.15, 0.2) is 6.10 Å². The van der Waals surface area contributed by atoms with Crippen LogP contribution in [0.15, 0.2) is 0 Å². The first-order chi connectivity index (χ1) is 24.8. The Morgan fingerprint density at radius 2 is 0.961 bits per heavy atom. The van der Waals surface area contributed by atoms with Crippen molar-refractivity contribution < 1.29 is 37.6 Å². The van der Waals surface area contributed by atoms with Crippen LogP contribution in [0, 0.1) is 0 Å². The molecule has 0 aromatic heterocycles. The predicted molar refractivity (Wildman–Crippen MR) is 218 cm³/mol. The van der Waals surface area contributed by atoms with E-state index in [9.17, 15) is 19.0 Å². The van der Waals surface area contributed by atoms with Crippen molar-refractivity contribution in [3.63, 3.8) is 0 Å². The number of carbonyl (C=O) groups excluding carboxylic acids is 2. The molecule has 0 saturated heterocycles. The lowest BCUT2D eigenvalue weighted by atomic mass is 10.1. The van der Waals surface area contributed by atoms with Crippen LogP contribution in [0.4, 0.5) is 0 Å². The molecule has 0 aliphatic heterocycles. The fraction of sp³-hybridized carbons (Fsp3) is 0.949. The van der Waals surface area contributed by atoms with E-state index < -0.39 is 26.5 Å². The average molecular weight is 784 g/mol. The summed E-state index contributed by atoms with van der Waals surface area (Å²) >= 11 is 4.15. The van der Waals surface area contributed by atoms with Crippen LogP contribution < -0.4 is 5.73 Å². The molecule has 0 fully saturated rings. The molecule has 0 aromatic carbocycles. The lowest BCUT2D eigenvalue weighted by molar-refractivity contribution is -0.161. The smallest absolute Gasteiger partial charge is 0.462 e. The fourth-order valence-corrected chi connectivity index (χ4v) is 8.34. The number of nitrogens with two attached hydrogens (primary N) is 1. The Kier molecular flexibility index (Phi) is 39.2. The maximum Gasteiger partial charge on any atom is 0.472 e. The van der Waals surface area contributed by atoms with Crippen molar-refractivity contribution >= 4 is 43.3 Å². The first-order valence-corrected chi connectivity index (χ1v) is 24.5. The zero-order valence-corrected chi connectivity index (χ0v) is 35.3. The second-order valence-corrected chi connectivity index (χ2v) is 17.6. The summed E-state index contributed by atoms with van der Waals surface area (Å²) in [4.78, 5) is 34.8. The third kappa shape index (κ3) is 39.2. The van der Waals surface area contributed by atoms with Crippen LogP contribution in [-0.4, -0.2) is 72.3 Å². The summed E-state index contributed by atoms with van der Waals surface area (Å²) in [5.74, 6) is 4.19. The fourth-order valence-electron chi connectivity index (χ4n) is 5.54. The minimum absolute atomic E-state index is 0.0561. The van der Waals surface area contributed by atoms with E-state index >= 15 is 0 Å². The topological polar surface area (TPSA) is 134 Å². The van der Waals surface area contributed by atoms with Gasteiger partial charge in [0.2, 0.25) is 0 Å². The minimum Gasteiger partial charge on any atom is -0.462 e. The van der Waals surface area contributed by atoms with E-state index in [2.05, 4.69) is 37.4 Å². The number of unbranched alkanes of at least 4 members (excludes halogenated alkanes) is 20. The molecule has 3 N–H and O–H groups in total. The Bertz CT molecular complexity index is 826. The molecule has 0 radical (unpaired) electrons. The van der Waals surface area contributed by atoms with Crippen LogP contribution in [0.5, 0.6) is 0 Å². The summed E-state index contributed by atoms with van der Waals surface area (Å²) in [7, 11) is -4.37. The molecule has 0 spiro atoms. The molecule has 0 aliphatic carbocycles. The van der Waals surface area contributed by atoms with Crippen LogP contribution in [0.3, 0.4) is 0 Å². The molecule has 0 heterocycles. The van der Waals surface area contributed by atoms with E-state index in [0.717, 1.165) is 38.5 Å². The van der Waals surface area contributed by atoms with Crippen LogP contribution in [-0.2, 0) is 32.7 Å². The van der Waals surface area contributed by atoms with Crippen LogP contribution in [0.1, 0.15) is 181 Å². The number of phosphoric ester groups is 1. The largest absolute Gasteiger partial charge is 0.472 e. The van der Waals surface area contributed by atoms with Crippen LogP contribution >= 0.6 is 31.3 Å². The van der Waals surface area contributed by atoms with Gasteiger partial charge in [0.05, 0.1) is 13.2 Å². The molecule has 304 valence electrons. The second kappa shape index (κ2) is 39.4. The number of esters is 2. The van der Waals surface area contributed by atoms with Gasteiger partial charge in [-0.05, 0) is 61.5 Å². The molecule has 0 bridgehead atoms. The van der Waals surface area contributed by atoms with E-state index in [-0.39, 0.29) is 38.6 Å². The average Bonchev–Trinajstić information content (AvgIpc) is 3.11. The van der Waals surface area contributed by atoms with Gasteiger partial charge in [0, 0.05) is 19.4 Å². The molecule has 2 unspecified atom stereocenters. The molecular weight excluding hydrogens is 706 g/mol. The normalized spacial score (nSPS) is 13.3. The van der Waals surface area contributed by atoms with E-state index in [1.165, 1.54) is 132 Å². The lowest BCUT2D eigenvalue weighted by Crippen LogP contribution is -2.29. The highest BCUT2D eigenvalue weighted by atomic mass is 32.2. The third-order valence-corrected chi connectivity index (χ3v) is 11.9. The standard InChI is InChI=1S/C39H78NO8PS2/c1-3-5-7-9-17-23-31-50-33-25-19-13-11-15-21-27-38(41)45-35-37(36-47-49(43,44)46-30-29-40)48-39(42)28-22-16-12-14-20-26-34-51-32-24-18-10-8-6-4-2/h37H,3-36,40H2,1-2H3,(H,43,44). The van der Waals surface area contributed by atoms with Gasteiger partial charge in [0.1, 0.15) is 6.61 Å². The number of hydrogen-bond acceptors (Lipinski definition) is 10. The van der Waals surface area contributed by atoms with Gasteiger partial charge in [-0.3, -0.25) is 18.6 Å². The summed E-state index contributed by atoms with van der Waals surface area (Å²) in [5.41, 5.74) is 5.34. The third-order valence-electron chi connectivity index (χ3n) is 8.65. The van der Waals surface area contributed by atoms with E-state index in [1.54, 1.807) is 0 Å². The predicted octanol–water partition coefficient (Wildman–Crippen LogP) is 11.2. The van der Waals surface area contributed by atoms with Crippen LogP contribution in [0.2, 0.25) is 0 Å².